The van der Waals surface area contributed by atoms with Gasteiger partial charge in [-0.1, -0.05) is 42.5 Å². The van der Waals surface area contributed by atoms with Crippen molar-refractivity contribution in [3.63, 3.8) is 0 Å². The average molecular weight is 279 g/mol. The molecule has 0 N–H and O–H groups in total. The quantitative estimate of drug-likeness (QED) is 0.699. The van der Waals surface area contributed by atoms with Crippen LogP contribution in [0.5, 0.6) is 17.2 Å². The van der Waals surface area contributed by atoms with Crippen molar-refractivity contribution < 1.29 is 14.6 Å². The van der Waals surface area contributed by atoms with Gasteiger partial charge in [0.25, 0.3) is 0 Å². The van der Waals surface area contributed by atoms with E-state index in [9.17, 15) is 5.11 Å². The van der Waals surface area contributed by atoms with E-state index in [-0.39, 0.29) is 5.75 Å². The molecule has 0 aliphatic carbocycles. The van der Waals surface area contributed by atoms with Gasteiger partial charge < -0.3 is 9.47 Å². The minimum Gasteiger partial charge on any atom is -0.493 e. The molecule has 0 atom stereocenters. The molecule has 0 saturated heterocycles. The Morgan fingerprint density at radius 2 is 1.38 bits per heavy atom. The molecule has 3 nitrogen and oxygen atoms in total. The molecule has 0 aliphatic heterocycles. The molecule has 3 rings (SSSR count). The fraction of sp³-hybridized carbons (Fsp3) is 0.111. The van der Waals surface area contributed by atoms with E-state index in [1.54, 1.807) is 26.4 Å². The number of fused-ring (bicyclic) bond motifs is 1. The van der Waals surface area contributed by atoms with Crippen molar-refractivity contribution in [3.05, 3.63) is 54.6 Å². The molecular formula is C18H15O3. The molecule has 21 heavy (non-hydrogen) atoms. The number of para-hydroxylation sites is 1. The van der Waals surface area contributed by atoms with E-state index in [1.807, 2.05) is 42.5 Å². The van der Waals surface area contributed by atoms with Gasteiger partial charge in [0, 0.05) is 10.9 Å². The lowest BCUT2D eigenvalue weighted by Gasteiger charge is -2.14. The molecule has 0 unspecified atom stereocenters. The SMILES string of the molecule is COc1cccc(-c2cccc3c([O])cccc23)c1OC. The largest absolute Gasteiger partial charge is 0.493 e. The standard InChI is InChI=1S/C18H15O3/c1-20-17-11-5-9-15(18(17)21-2)13-6-3-8-14-12(13)7-4-10-16(14)19/h3-11H,1-2H3. The summed E-state index contributed by atoms with van der Waals surface area (Å²) in [7, 11) is 3.23. The lowest BCUT2D eigenvalue weighted by atomic mass is 9.97. The van der Waals surface area contributed by atoms with E-state index in [0.717, 1.165) is 16.5 Å². The van der Waals surface area contributed by atoms with Gasteiger partial charge in [-0.25, -0.2) is 0 Å². The minimum atomic E-state index is 0.0243. The van der Waals surface area contributed by atoms with Crippen molar-refractivity contribution in [1.29, 1.82) is 0 Å². The highest BCUT2D eigenvalue weighted by molar-refractivity contribution is 6.01. The normalized spacial score (nSPS) is 10.6. The third-order valence-corrected chi connectivity index (χ3v) is 3.58. The number of benzene rings is 3. The molecule has 3 heteroatoms. The fourth-order valence-corrected chi connectivity index (χ4v) is 2.62. The monoisotopic (exact) mass is 279 g/mol. The van der Waals surface area contributed by atoms with E-state index in [2.05, 4.69) is 0 Å². The first-order valence-corrected chi connectivity index (χ1v) is 6.66. The van der Waals surface area contributed by atoms with Crippen LogP contribution in [0.3, 0.4) is 0 Å². The second-order valence-corrected chi connectivity index (χ2v) is 4.70. The maximum atomic E-state index is 12.0. The smallest absolute Gasteiger partial charge is 0.186 e. The molecule has 0 heterocycles. The zero-order chi connectivity index (χ0) is 14.8. The predicted molar refractivity (Wildman–Crippen MR) is 82.6 cm³/mol. The topological polar surface area (TPSA) is 38.4 Å². The summed E-state index contributed by atoms with van der Waals surface area (Å²) in [5, 5.41) is 13.6. The number of rotatable bonds is 3. The maximum absolute atomic E-state index is 12.0. The molecule has 3 aromatic carbocycles. The highest BCUT2D eigenvalue weighted by Gasteiger charge is 2.14. The van der Waals surface area contributed by atoms with Gasteiger partial charge in [0.05, 0.1) is 14.2 Å². The van der Waals surface area contributed by atoms with Gasteiger partial charge in [0.15, 0.2) is 17.2 Å². The van der Waals surface area contributed by atoms with E-state index >= 15 is 0 Å². The zero-order valence-corrected chi connectivity index (χ0v) is 11.9. The molecule has 0 aliphatic rings. The van der Waals surface area contributed by atoms with Crippen LogP contribution in [0.4, 0.5) is 0 Å². The van der Waals surface area contributed by atoms with Gasteiger partial charge in [-0.3, -0.25) is 5.11 Å². The Balaban J connectivity index is 2.34. The van der Waals surface area contributed by atoms with E-state index in [0.29, 0.717) is 16.9 Å². The third kappa shape index (κ3) is 2.17. The van der Waals surface area contributed by atoms with Crippen molar-refractivity contribution >= 4 is 10.8 Å². The average Bonchev–Trinajstić information content (AvgIpc) is 2.54. The summed E-state index contributed by atoms with van der Waals surface area (Å²) >= 11 is 0. The van der Waals surface area contributed by atoms with Gasteiger partial charge >= 0.3 is 0 Å². The predicted octanol–water partition coefficient (Wildman–Crippen LogP) is 4.67. The van der Waals surface area contributed by atoms with Gasteiger partial charge in [-0.2, -0.15) is 0 Å². The summed E-state index contributed by atoms with van der Waals surface area (Å²) in [6, 6.07) is 16.8. The third-order valence-electron chi connectivity index (χ3n) is 3.58. The van der Waals surface area contributed by atoms with Gasteiger partial charge in [-0.05, 0) is 23.1 Å². The summed E-state index contributed by atoms with van der Waals surface area (Å²) in [5.74, 6) is 1.37. The Hall–Kier alpha value is -2.68. The van der Waals surface area contributed by atoms with Crippen LogP contribution in [0, 0.1) is 0 Å². The van der Waals surface area contributed by atoms with Crippen LogP contribution in [-0.2, 0) is 5.11 Å². The maximum Gasteiger partial charge on any atom is 0.186 e. The molecule has 0 spiro atoms. The van der Waals surface area contributed by atoms with E-state index < -0.39 is 0 Å². The molecule has 3 aromatic rings. The van der Waals surface area contributed by atoms with Crippen molar-refractivity contribution in [2.45, 2.75) is 0 Å². The number of ether oxygens (including phenoxy) is 2. The lowest BCUT2D eigenvalue weighted by Crippen LogP contribution is -1.93. The summed E-state index contributed by atoms with van der Waals surface area (Å²) in [6.45, 7) is 0. The Labute approximate surface area is 123 Å². The molecule has 0 bridgehead atoms. The summed E-state index contributed by atoms with van der Waals surface area (Å²) < 4.78 is 10.8. The zero-order valence-electron chi connectivity index (χ0n) is 11.9. The first-order valence-electron chi connectivity index (χ1n) is 6.66. The van der Waals surface area contributed by atoms with Gasteiger partial charge in [-0.15, -0.1) is 0 Å². The second kappa shape index (κ2) is 5.37. The lowest BCUT2D eigenvalue weighted by molar-refractivity contribution is 0.356. The number of hydrogen-bond donors (Lipinski definition) is 0. The van der Waals surface area contributed by atoms with Crippen molar-refractivity contribution in [2.75, 3.05) is 14.2 Å². The van der Waals surface area contributed by atoms with Crippen molar-refractivity contribution in [3.8, 4) is 28.4 Å². The van der Waals surface area contributed by atoms with Crippen LogP contribution in [0.2, 0.25) is 0 Å². The highest BCUT2D eigenvalue weighted by atomic mass is 16.5. The number of hydrogen-bond acceptors (Lipinski definition) is 2. The van der Waals surface area contributed by atoms with Crippen molar-refractivity contribution in [1.82, 2.24) is 0 Å². The molecule has 0 aromatic heterocycles. The molecule has 105 valence electrons. The molecule has 1 radical (unpaired) electrons. The van der Waals surface area contributed by atoms with Crippen LogP contribution in [-0.4, -0.2) is 14.2 Å². The van der Waals surface area contributed by atoms with E-state index in [1.165, 1.54) is 0 Å². The van der Waals surface area contributed by atoms with Crippen LogP contribution in [0.1, 0.15) is 0 Å². The van der Waals surface area contributed by atoms with Crippen LogP contribution in [0.15, 0.2) is 54.6 Å². The molecular weight excluding hydrogens is 264 g/mol. The van der Waals surface area contributed by atoms with Gasteiger partial charge in [0.1, 0.15) is 0 Å². The summed E-state index contributed by atoms with van der Waals surface area (Å²) in [5.41, 5.74) is 1.87. The Kier molecular flexibility index (Phi) is 3.40. The highest BCUT2D eigenvalue weighted by Crippen LogP contribution is 2.41. The Morgan fingerprint density at radius 1 is 0.714 bits per heavy atom. The fourth-order valence-electron chi connectivity index (χ4n) is 2.62. The Bertz CT molecular complexity index is 794. The van der Waals surface area contributed by atoms with Crippen LogP contribution in [0.25, 0.3) is 21.9 Å². The van der Waals surface area contributed by atoms with Crippen LogP contribution < -0.4 is 9.47 Å². The molecule has 0 saturated carbocycles. The van der Waals surface area contributed by atoms with Crippen molar-refractivity contribution in [2.24, 2.45) is 0 Å². The summed E-state index contributed by atoms with van der Waals surface area (Å²) in [6.07, 6.45) is 0. The molecule has 0 amide bonds. The summed E-state index contributed by atoms with van der Waals surface area (Å²) in [4.78, 5) is 0. The second-order valence-electron chi connectivity index (χ2n) is 4.70. The van der Waals surface area contributed by atoms with E-state index in [4.69, 9.17) is 9.47 Å². The Morgan fingerprint density at radius 3 is 2.14 bits per heavy atom. The molecule has 0 fully saturated rings. The first-order chi connectivity index (χ1) is 10.3. The van der Waals surface area contributed by atoms with Gasteiger partial charge in [0.2, 0.25) is 0 Å². The van der Waals surface area contributed by atoms with Crippen LogP contribution >= 0.6 is 0 Å². The first kappa shape index (κ1) is 13.3. The minimum absolute atomic E-state index is 0.0243. The number of methoxy groups -OCH3 is 2.